The van der Waals surface area contributed by atoms with Gasteiger partial charge in [-0.05, 0) is 22.6 Å². The molecular weight excluding hydrogens is 346 g/mol. The standard InChI is InChI=1S/C25H27NO2/c1-24(2,3)22-17-28-23(26-22)20-15-10-16-21(20)25(27,18-11-6-4-7-12-18)19-13-8-5-9-14-19/h4-16,22,26-27H,17H2,1-3H3/b23-20+. The monoisotopic (exact) mass is 373 g/mol. The summed E-state index contributed by atoms with van der Waals surface area (Å²) in [7, 11) is 0. The van der Waals surface area contributed by atoms with Crippen molar-refractivity contribution in [2.24, 2.45) is 5.41 Å². The largest absolute Gasteiger partial charge is 0.477 e. The van der Waals surface area contributed by atoms with E-state index in [2.05, 4.69) is 26.1 Å². The van der Waals surface area contributed by atoms with E-state index in [4.69, 9.17) is 4.74 Å². The number of benzene rings is 2. The van der Waals surface area contributed by atoms with Gasteiger partial charge in [-0.15, -0.1) is 0 Å². The predicted octanol–water partition coefficient (Wildman–Crippen LogP) is 4.66. The average Bonchev–Trinajstić information content (AvgIpc) is 3.38. The van der Waals surface area contributed by atoms with Gasteiger partial charge in [0, 0.05) is 11.1 Å². The second-order valence-corrected chi connectivity index (χ2v) is 8.50. The third-order valence-electron chi connectivity index (χ3n) is 5.58. The fraction of sp³-hybridized carbons (Fsp3) is 0.280. The van der Waals surface area contributed by atoms with E-state index in [1.807, 2.05) is 78.9 Å². The molecule has 0 radical (unpaired) electrons. The lowest BCUT2D eigenvalue weighted by molar-refractivity contribution is 0.123. The third-order valence-corrected chi connectivity index (χ3v) is 5.58. The molecule has 2 aliphatic rings. The summed E-state index contributed by atoms with van der Waals surface area (Å²) in [4.78, 5) is 0. The molecule has 4 rings (SSSR count). The first kappa shape index (κ1) is 18.6. The molecule has 2 N–H and O–H groups in total. The molecule has 3 nitrogen and oxygen atoms in total. The normalized spacial score (nSPS) is 22.0. The second kappa shape index (κ2) is 6.99. The molecule has 0 amide bonds. The lowest BCUT2D eigenvalue weighted by atomic mass is 9.78. The van der Waals surface area contributed by atoms with Crippen molar-refractivity contribution in [3.8, 4) is 0 Å². The van der Waals surface area contributed by atoms with E-state index in [1.54, 1.807) is 0 Å². The summed E-state index contributed by atoms with van der Waals surface area (Å²) >= 11 is 0. The van der Waals surface area contributed by atoms with Gasteiger partial charge in [-0.1, -0.05) is 93.6 Å². The SMILES string of the molecule is CC(C)(C)C1CO/C(=C2\C=CC=C2C(O)(c2ccccc2)c2ccccc2)N1. The number of hydrogen-bond donors (Lipinski definition) is 2. The summed E-state index contributed by atoms with van der Waals surface area (Å²) in [6.07, 6.45) is 5.97. The quantitative estimate of drug-likeness (QED) is 0.822. The zero-order chi connectivity index (χ0) is 19.8. The fourth-order valence-electron chi connectivity index (χ4n) is 3.80. The molecule has 0 spiro atoms. The van der Waals surface area contributed by atoms with Crippen molar-refractivity contribution in [2.75, 3.05) is 6.61 Å². The molecule has 1 aliphatic heterocycles. The van der Waals surface area contributed by atoms with Gasteiger partial charge in [-0.2, -0.15) is 0 Å². The molecule has 2 aromatic carbocycles. The van der Waals surface area contributed by atoms with E-state index < -0.39 is 5.60 Å². The lowest BCUT2D eigenvalue weighted by Crippen LogP contribution is -2.37. The Labute approximate surface area is 167 Å². The molecule has 0 bridgehead atoms. The van der Waals surface area contributed by atoms with Crippen LogP contribution in [0.3, 0.4) is 0 Å². The minimum absolute atomic E-state index is 0.0870. The van der Waals surface area contributed by atoms with Crippen molar-refractivity contribution in [1.29, 1.82) is 0 Å². The second-order valence-electron chi connectivity index (χ2n) is 8.50. The number of hydrogen-bond acceptors (Lipinski definition) is 3. The van der Waals surface area contributed by atoms with Crippen LogP contribution in [0.2, 0.25) is 0 Å². The van der Waals surface area contributed by atoms with Crippen molar-refractivity contribution in [2.45, 2.75) is 32.4 Å². The highest BCUT2D eigenvalue weighted by atomic mass is 16.5. The Bertz CT molecular complexity index is 894. The Balaban J connectivity index is 1.81. The summed E-state index contributed by atoms with van der Waals surface area (Å²) in [5.74, 6) is 0.741. The Morgan fingerprint density at radius 3 is 2.00 bits per heavy atom. The van der Waals surface area contributed by atoms with Crippen LogP contribution >= 0.6 is 0 Å². The maximum Gasteiger partial charge on any atom is 0.194 e. The van der Waals surface area contributed by atoms with Crippen molar-refractivity contribution in [3.63, 3.8) is 0 Å². The smallest absolute Gasteiger partial charge is 0.194 e. The van der Waals surface area contributed by atoms with E-state index in [-0.39, 0.29) is 11.5 Å². The van der Waals surface area contributed by atoms with Crippen LogP contribution in [0.4, 0.5) is 0 Å². The van der Waals surface area contributed by atoms with Crippen LogP contribution in [0.15, 0.2) is 95.9 Å². The number of nitrogens with one attached hydrogen (secondary N) is 1. The molecule has 1 heterocycles. The zero-order valence-corrected chi connectivity index (χ0v) is 16.6. The number of allylic oxidation sites excluding steroid dienone is 3. The Kier molecular flexibility index (Phi) is 4.64. The van der Waals surface area contributed by atoms with Gasteiger partial charge in [-0.3, -0.25) is 0 Å². The average molecular weight is 373 g/mol. The van der Waals surface area contributed by atoms with Crippen LogP contribution in [0, 0.1) is 5.41 Å². The zero-order valence-electron chi connectivity index (χ0n) is 16.6. The van der Waals surface area contributed by atoms with Crippen molar-refractivity contribution in [1.82, 2.24) is 5.32 Å². The van der Waals surface area contributed by atoms with Crippen molar-refractivity contribution >= 4 is 0 Å². The molecule has 2 aromatic rings. The van der Waals surface area contributed by atoms with Gasteiger partial charge in [0.2, 0.25) is 0 Å². The minimum atomic E-state index is -1.26. The highest BCUT2D eigenvalue weighted by Gasteiger charge is 2.41. The Morgan fingerprint density at radius 2 is 1.50 bits per heavy atom. The van der Waals surface area contributed by atoms with Crippen LogP contribution in [0.1, 0.15) is 31.9 Å². The van der Waals surface area contributed by atoms with Gasteiger partial charge in [-0.25, -0.2) is 0 Å². The van der Waals surface area contributed by atoms with Gasteiger partial charge in [0.25, 0.3) is 0 Å². The summed E-state index contributed by atoms with van der Waals surface area (Å²) in [5.41, 5.74) is 2.21. The topological polar surface area (TPSA) is 41.5 Å². The molecule has 0 aromatic heterocycles. The molecule has 1 fully saturated rings. The molecule has 1 aliphatic carbocycles. The maximum absolute atomic E-state index is 12.1. The van der Waals surface area contributed by atoms with Crippen LogP contribution in [-0.4, -0.2) is 17.8 Å². The first-order valence-corrected chi connectivity index (χ1v) is 9.77. The summed E-state index contributed by atoms with van der Waals surface area (Å²) in [5, 5.41) is 15.6. The van der Waals surface area contributed by atoms with Crippen LogP contribution in [-0.2, 0) is 10.3 Å². The van der Waals surface area contributed by atoms with Crippen LogP contribution < -0.4 is 5.32 Å². The first-order chi connectivity index (χ1) is 13.4. The summed E-state index contributed by atoms with van der Waals surface area (Å²) < 4.78 is 6.04. The minimum Gasteiger partial charge on any atom is -0.477 e. The van der Waals surface area contributed by atoms with E-state index in [0.717, 1.165) is 28.2 Å². The van der Waals surface area contributed by atoms with Gasteiger partial charge in [0.1, 0.15) is 12.2 Å². The fourth-order valence-corrected chi connectivity index (χ4v) is 3.80. The molecule has 28 heavy (non-hydrogen) atoms. The van der Waals surface area contributed by atoms with E-state index in [0.29, 0.717) is 6.61 Å². The summed E-state index contributed by atoms with van der Waals surface area (Å²) in [6, 6.07) is 19.9. The van der Waals surface area contributed by atoms with Gasteiger partial charge < -0.3 is 15.2 Å². The van der Waals surface area contributed by atoms with E-state index in [1.165, 1.54) is 0 Å². The van der Waals surface area contributed by atoms with Crippen LogP contribution in [0.25, 0.3) is 0 Å². The maximum atomic E-state index is 12.1. The van der Waals surface area contributed by atoms with Crippen LogP contribution in [0.5, 0.6) is 0 Å². The predicted molar refractivity (Wildman–Crippen MR) is 112 cm³/mol. The molecule has 3 heteroatoms. The van der Waals surface area contributed by atoms with Gasteiger partial charge in [0.05, 0.1) is 6.04 Å². The molecule has 1 unspecified atom stereocenters. The third kappa shape index (κ3) is 3.16. The highest BCUT2D eigenvalue weighted by Crippen LogP contribution is 2.43. The Hall–Kier alpha value is -2.78. The first-order valence-electron chi connectivity index (χ1n) is 9.77. The molecule has 0 saturated carbocycles. The molecular formula is C25H27NO2. The lowest BCUT2D eigenvalue weighted by Gasteiger charge is -2.32. The Morgan fingerprint density at radius 1 is 0.929 bits per heavy atom. The van der Waals surface area contributed by atoms with Gasteiger partial charge >= 0.3 is 0 Å². The van der Waals surface area contributed by atoms with E-state index in [9.17, 15) is 5.11 Å². The van der Waals surface area contributed by atoms with E-state index >= 15 is 0 Å². The molecule has 144 valence electrons. The highest BCUT2D eigenvalue weighted by molar-refractivity contribution is 5.60. The van der Waals surface area contributed by atoms with Crippen molar-refractivity contribution in [3.05, 3.63) is 107 Å². The summed E-state index contributed by atoms with van der Waals surface area (Å²) in [6.45, 7) is 7.23. The number of ether oxygens (including phenoxy) is 1. The van der Waals surface area contributed by atoms with Gasteiger partial charge in [0.15, 0.2) is 5.88 Å². The number of rotatable bonds is 3. The molecule has 1 saturated heterocycles. The number of aliphatic hydroxyl groups is 1. The molecule has 1 atom stereocenters. The van der Waals surface area contributed by atoms with Crippen molar-refractivity contribution < 1.29 is 9.84 Å².